The zero-order valence-corrected chi connectivity index (χ0v) is 15.1. The van der Waals surface area contributed by atoms with Gasteiger partial charge in [-0.3, -0.25) is 14.4 Å². The lowest BCUT2D eigenvalue weighted by molar-refractivity contribution is -0.128. The highest BCUT2D eigenvalue weighted by Gasteiger charge is 2.31. The Kier molecular flexibility index (Phi) is 7.82. The minimum Gasteiger partial charge on any atom is -0.369 e. The van der Waals surface area contributed by atoms with Crippen molar-refractivity contribution in [3.8, 4) is 0 Å². The Hall–Kier alpha value is -1.48. The van der Waals surface area contributed by atoms with Crippen LogP contribution in [0.3, 0.4) is 0 Å². The standard InChI is InChI=1S/C15H27N3O5S/c1-3-9-24(22,23)18-8-4-5-12(13(19)10-18)17-14(20)7-6-11(2)15(16)21/h11-12H,3-10H2,1-2H3,(H2,16,21)(H,17,20)/t11?,12-/m0/s1. The van der Waals surface area contributed by atoms with E-state index in [4.69, 9.17) is 5.73 Å². The number of sulfonamides is 1. The van der Waals surface area contributed by atoms with E-state index in [9.17, 15) is 22.8 Å². The van der Waals surface area contributed by atoms with Crippen molar-refractivity contribution in [3.63, 3.8) is 0 Å². The number of rotatable bonds is 8. The molecule has 24 heavy (non-hydrogen) atoms. The monoisotopic (exact) mass is 361 g/mol. The number of amides is 2. The van der Waals surface area contributed by atoms with Crippen molar-refractivity contribution in [1.29, 1.82) is 0 Å². The summed E-state index contributed by atoms with van der Waals surface area (Å²) < 4.78 is 25.4. The highest BCUT2D eigenvalue weighted by molar-refractivity contribution is 7.89. The first-order valence-electron chi connectivity index (χ1n) is 8.26. The summed E-state index contributed by atoms with van der Waals surface area (Å²) >= 11 is 0. The van der Waals surface area contributed by atoms with Gasteiger partial charge in [0, 0.05) is 18.9 Å². The van der Waals surface area contributed by atoms with Crippen LogP contribution in [0.25, 0.3) is 0 Å². The highest BCUT2D eigenvalue weighted by Crippen LogP contribution is 2.14. The zero-order chi connectivity index (χ0) is 18.3. The van der Waals surface area contributed by atoms with E-state index in [1.165, 1.54) is 4.31 Å². The highest BCUT2D eigenvalue weighted by atomic mass is 32.2. The summed E-state index contributed by atoms with van der Waals surface area (Å²) in [7, 11) is -3.42. The van der Waals surface area contributed by atoms with Crippen molar-refractivity contribution >= 4 is 27.6 Å². The van der Waals surface area contributed by atoms with E-state index in [0.717, 1.165) is 0 Å². The number of carbonyl (C=O) groups excluding carboxylic acids is 3. The summed E-state index contributed by atoms with van der Waals surface area (Å²) in [6, 6.07) is -0.678. The van der Waals surface area contributed by atoms with E-state index in [-0.39, 0.29) is 30.4 Å². The molecule has 1 saturated heterocycles. The second-order valence-corrected chi connectivity index (χ2v) is 8.31. The minimum atomic E-state index is -3.42. The number of hydrogen-bond acceptors (Lipinski definition) is 5. The molecule has 0 aliphatic carbocycles. The maximum Gasteiger partial charge on any atom is 0.220 e. The molecule has 0 bridgehead atoms. The van der Waals surface area contributed by atoms with E-state index in [1.54, 1.807) is 13.8 Å². The van der Waals surface area contributed by atoms with Gasteiger partial charge < -0.3 is 11.1 Å². The van der Waals surface area contributed by atoms with Crippen molar-refractivity contribution in [2.45, 2.75) is 52.0 Å². The molecule has 0 aromatic carbocycles. The van der Waals surface area contributed by atoms with Gasteiger partial charge in [0.1, 0.15) is 0 Å². The molecule has 3 N–H and O–H groups in total. The Morgan fingerprint density at radius 3 is 2.67 bits per heavy atom. The average Bonchev–Trinajstić information content (AvgIpc) is 2.67. The molecule has 1 heterocycles. The fraction of sp³-hybridized carbons (Fsp3) is 0.800. The number of primary amides is 1. The van der Waals surface area contributed by atoms with Crippen LogP contribution in [0.15, 0.2) is 0 Å². The lowest BCUT2D eigenvalue weighted by Gasteiger charge is -2.19. The van der Waals surface area contributed by atoms with Crippen molar-refractivity contribution in [2.24, 2.45) is 11.7 Å². The topological polar surface area (TPSA) is 127 Å². The summed E-state index contributed by atoms with van der Waals surface area (Å²) in [6.07, 6.45) is 1.83. The number of Topliss-reactive ketones (excluding diaryl/α,β-unsaturated/α-hetero) is 1. The van der Waals surface area contributed by atoms with Crippen LogP contribution in [0.5, 0.6) is 0 Å². The Morgan fingerprint density at radius 2 is 2.08 bits per heavy atom. The Labute approximate surface area is 143 Å². The molecule has 0 saturated carbocycles. The fourth-order valence-corrected chi connectivity index (χ4v) is 4.03. The molecule has 0 aromatic heterocycles. The van der Waals surface area contributed by atoms with Gasteiger partial charge in [0.15, 0.2) is 5.78 Å². The van der Waals surface area contributed by atoms with E-state index in [2.05, 4.69) is 5.32 Å². The first-order chi connectivity index (χ1) is 11.2. The van der Waals surface area contributed by atoms with Crippen LogP contribution in [0, 0.1) is 5.92 Å². The number of hydrogen-bond donors (Lipinski definition) is 2. The number of nitrogens with two attached hydrogens (primary N) is 1. The van der Waals surface area contributed by atoms with Crippen LogP contribution in [0.4, 0.5) is 0 Å². The van der Waals surface area contributed by atoms with Crippen molar-refractivity contribution < 1.29 is 22.8 Å². The summed E-state index contributed by atoms with van der Waals surface area (Å²) in [5, 5.41) is 2.64. The molecule has 138 valence electrons. The smallest absolute Gasteiger partial charge is 0.220 e. The lowest BCUT2D eigenvalue weighted by atomic mass is 10.0. The molecule has 0 radical (unpaired) electrons. The lowest BCUT2D eigenvalue weighted by Crippen LogP contribution is -2.44. The predicted octanol–water partition coefficient (Wildman–Crippen LogP) is -0.222. The van der Waals surface area contributed by atoms with Gasteiger partial charge in [-0.25, -0.2) is 8.42 Å². The third-order valence-corrected chi connectivity index (χ3v) is 6.12. The zero-order valence-electron chi connectivity index (χ0n) is 14.3. The summed E-state index contributed by atoms with van der Waals surface area (Å²) in [4.78, 5) is 35.1. The van der Waals surface area contributed by atoms with Gasteiger partial charge in [-0.2, -0.15) is 4.31 Å². The maximum atomic E-state index is 12.3. The molecule has 2 amide bonds. The van der Waals surface area contributed by atoms with Gasteiger partial charge in [-0.15, -0.1) is 0 Å². The first-order valence-corrected chi connectivity index (χ1v) is 9.87. The predicted molar refractivity (Wildman–Crippen MR) is 89.4 cm³/mol. The van der Waals surface area contributed by atoms with Crippen LogP contribution >= 0.6 is 0 Å². The summed E-state index contributed by atoms with van der Waals surface area (Å²) in [5.41, 5.74) is 5.14. The van der Waals surface area contributed by atoms with Gasteiger partial charge in [0.2, 0.25) is 21.8 Å². The van der Waals surface area contributed by atoms with Gasteiger partial charge in [-0.05, 0) is 25.7 Å². The Bertz CT molecular complexity index is 576. The second kappa shape index (κ2) is 9.12. The molecule has 1 unspecified atom stereocenters. The number of ketones is 1. The van der Waals surface area contributed by atoms with Crippen LogP contribution in [0.2, 0.25) is 0 Å². The van der Waals surface area contributed by atoms with Crippen LogP contribution in [-0.2, 0) is 24.4 Å². The largest absolute Gasteiger partial charge is 0.369 e. The van der Waals surface area contributed by atoms with Crippen molar-refractivity contribution in [2.75, 3.05) is 18.8 Å². The van der Waals surface area contributed by atoms with Crippen LogP contribution in [-0.4, -0.2) is 55.2 Å². The average molecular weight is 361 g/mol. The van der Waals surface area contributed by atoms with Gasteiger partial charge in [0.05, 0.1) is 18.3 Å². The minimum absolute atomic E-state index is 0.0162. The van der Waals surface area contributed by atoms with E-state index < -0.39 is 27.9 Å². The molecular formula is C15H27N3O5S. The molecule has 0 aromatic rings. The fourth-order valence-electron chi connectivity index (χ4n) is 2.53. The number of nitrogens with one attached hydrogen (secondary N) is 1. The van der Waals surface area contributed by atoms with Gasteiger partial charge in [-0.1, -0.05) is 13.8 Å². The van der Waals surface area contributed by atoms with E-state index in [1.807, 2.05) is 0 Å². The van der Waals surface area contributed by atoms with Gasteiger partial charge >= 0.3 is 0 Å². The normalized spacial score (nSPS) is 21.1. The SMILES string of the molecule is CCCS(=O)(=O)N1CCC[C@H](NC(=O)CCC(C)C(N)=O)C(=O)C1. The summed E-state index contributed by atoms with van der Waals surface area (Å²) in [5.74, 6) is -1.49. The van der Waals surface area contributed by atoms with E-state index in [0.29, 0.717) is 32.2 Å². The quantitative estimate of drug-likeness (QED) is 0.618. The third-order valence-electron chi connectivity index (χ3n) is 4.10. The molecule has 1 aliphatic rings. The molecule has 1 aliphatic heterocycles. The molecule has 1 rings (SSSR count). The molecule has 8 nitrogen and oxygen atoms in total. The second-order valence-electron chi connectivity index (χ2n) is 6.22. The van der Waals surface area contributed by atoms with Crippen LogP contribution < -0.4 is 11.1 Å². The first kappa shape index (κ1) is 20.6. The molecule has 9 heteroatoms. The number of nitrogens with zero attached hydrogens (tertiary/aromatic N) is 1. The van der Waals surface area contributed by atoms with Gasteiger partial charge in [0.25, 0.3) is 0 Å². The number of carbonyl (C=O) groups is 3. The van der Waals surface area contributed by atoms with E-state index >= 15 is 0 Å². The summed E-state index contributed by atoms with van der Waals surface area (Å²) in [6.45, 7) is 3.50. The third kappa shape index (κ3) is 6.20. The van der Waals surface area contributed by atoms with Crippen LogP contribution in [0.1, 0.15) is 46.0 Å². The Balaban J connectivity index is 2.58. The molecule has 1 fully saturated rings. The Morgan fingerprint density at radius 1 is 1.42 bits per heavy atom. The molecule has 2 atom stereocenters. The van der Waals surface area contributed by atoms with Crippen molar-refractivity contribution in [3.05, 3.63) is 0 Å². The molecular weight excluding hydrogens is 334 g/mol. The maximum absolute atomic E-state index is 12.3. The molecule has 0 spiro atoms. The van der Waals surface area contributed by atoms with Crippen molar-refractivity contribution in [1.82, 2.24) is 9.62 Å².